The predicted octanol–water partition coefficient (Wildman–Crippen LogP) is 1.49. The molecule has 0 aromatic heterocycles. The molecule has 0 aliphatic rings. The third kappa shape index (κ3) is 6.40. The second kappa shape index (κ2) is 8.10. The lowest BCUT2D eigenvalue weighted by Crippen LogP contribution is -2.23. The third-order valence-electron chi connectivity index (χ3n) is 2.52. The van der Waals surface area contributed by atoms with Gasteiger partial charge in [-0.1, -0.05) is 19.8 Å². The first-order chi connectivity index (χ1) is 7.49. The molecule has 1 unspecified atom stereocenters. The number of aliphatic carboxylic acids is 2. The number of carboxylic acid groups (broad SMARTS) is 2. The van der Waals surface area contributed by atoms with Gasteiger partial charge in [0.05, 0.1) is 6.10 Å². The fourth-order valence-corrected chi connectivity index (χ4v) is 1.49. The van der Waals surface area contributed by atoms with Crippen molar-refractivity contribution >= 4 is 11.9 Å². The lowest BCUT2D eigenvalue weighted by Gasteiger charge is -2.11. The Balaban J connectivity index is 3.77. The predicted molar refractivity (Wildman–Crippen MR) is 58.1 cm³/mol. The maximum Gasteiger partial charge on any atom is 0.317 e. The maximum absolute atomic E-state index is 10.5. The fourth-order valence-electron chi connectivity index (χ4n) is 1.49. The van der Waals surface area contributed by atoms with E-state index in [1.165, 1.54) is 0 Å². The summed E-state index contributed by atoms with van der Waals surface area (Å²) in [6, 6.07) is 0. The molecule has 0 bridgehead atoms. The number of hydrogen-bond acceptors (Lipinski definition) is 3. The van der Waals surface area contributed by atoms with E-state index in [2.05, 4.69) is 0 Å². The Kier molecular flexibility index (Phi) is 7.54. The molecule has 3 N–H and O–H groups in total. The molecule has 0 spiro atoms. The Bertz CT molecular complexity index is 212. The van der Waals surface area contributed by atoms with E-state index in [0.29, 0.717) is 19.3 Å². The Morgan fingerprint density at radius 1 is 1.00 bits per heavy atom. The van der Waals surface area contributed by atoms with E-state index in [0.717, 1.165) is 12.8 Å². The van der Waals surface area contributed by atoms with Gasteiger partial charge in [-0.25, -0.2) is 0 Å². The van der Waals surface area contributed by atoms with Crippen LogP contribution in [0.15, 0.2) is 0 Å². The number of hydrogen-bond donors (Lipinski definition) is 3. The summed E-state index contributed by atoms with van der Waals surface area (Å²) in [6.07, 6.45) is 3.16. The van der Waals surface area contributed by atoms with E-state index in [1.807, 2.05) is 6.92 Å². The van der Waals surface area contributed by atoms with E-state index < -0.39 is 24.0 Å². The minimum absolute atomic E-state index is 0.0772. The molecule has 0 saturated heterocycles. The summed E-state index contributed by atoms with van der Waals surface area (Å²) in [5, 5.41) is 26.7. The summed E-state index contributed by atoms with van der Waals surface area (Å²) >= 11 is 0. The Labute approximate surface area is 95.1 Å². The van der Waals surface area contributed by atoms with E-state index >= 15 is 0 Å². The maximum atomic E-state index is 10.5. The van der Waals surface area contributed by atoms with Crippen LogP contribution in [0.25, 0.3) is 0 Å². The molecule has 0 aromatic carbocycles. The highest BCUT2D eigenvalue weighted by molar-refractivity contribution is 5.92. The molecule has 94 valence electrons. The lowest BCUT2D eigenvalue weighted by atomic mass is 9.99. The van der Waals surface area contributed by atoms with Gasteiger partial charge in [0.25, 0.3) is 0 Å². The molecular formula is C11H20O5. The summed E-state index contributed by atoms with van der Waals surface area (Å²) in [5.41, 5.74) is 0. The largest absolute Gasteiger partial charge is 0.481 e. The van der Waals surface area contributed by atoms with Crippen LogP contribution in [0.5, 0.6) is 0 Å². The highest BCUT2D eigenvalue weighted by Gasteiger charge is 2.25. The van der Waals surface area contributed by atoms with Gasteiger partial charge in [-0.2, -0.15) is 0 Å². The number of aliphatic hydroxyl groups excluding tert-OH is 1. The molecule has 0 aliphatic carbocycles. The van der Waals surface area contributed by atoms with Crippen molar-refractivity contribution in [1.82, 2.24) is 0 Å². The van der Waals surface area contributed by atoms with Crippen molar-refractivity contribution in [2.24, 2.45) is 5.92 Å². The Morgan fingerprint density at radius 3 is 1.94 bits per heavy atom. The summed E-state index contributed by atoms with van der Waals surface area (Å²) in [7, 11) is 0. The molecule has 0 saturated carbocycles. The number of carboxylic acids is 2. The van der Waals surface area contributed by atoms with Crippen LogP contribution in [-0.2, 0) is 9.59 Å². The van der Waals surface area contributed by atoms with Crippen LogP contribution < -0.4 is 0 Å². The first kappa shape index (κ1) is 14.9. The molecule has 0 rings (SSSR count). The van der Waals surface area contributed by atoms with Gasteiger partial charge in [0, 0.05) is 0 Å². The van der Waals surface area contributed by atoms with Crippen LogP contribution in [0.2, 0.25) is 0 Å². The normalized spacial score (nSPS) is 12.7. The van der Waals surface area contributed by atoms with Crippen LogP contribution in [-0.4, -0.2) is 33.4 Å². The number of rotatable bonds is 9. The van der Waals surface area contributed by atoms with Gasteiger partial charge in [0.15, 0.2) is 5.92 Å². The van der Waals surface area contributed by atoms with Gasteiger partial charge in [-0.3, -0.25) is 9.59 Å². The van der Waals surface area contributed by atoms with Crippen LogP contribution in [0, 0.1) is 5.92 Å². The molecule has 1 atom stereocenters. The summed E-state index contributed by atoms with van der Waals surface area (Å²) < 4.78 is 0. The van der Waals surface area contributed by atoms with Crippen molar-refractivity contribution in [3.8, 4) is 0 Å². The molecule has 16 heavy (non-hydrogen) atoms. The molecule has 0 amide bonds. The zero-order chi connectivity index (χ0) is 12.6. The first-order valence-electron chi connectivity index (χ1n) is 5.62. The van der Waals surface area contributed by atoms with E-state index in [4.69, 9.17) is 10.2 Å². The molecule has 0 fully saturated rings. The van der Waals surface area contributed by atoms with Crippen LogP contribution in [0.1, 0.15) is 45.4 Å². The highest BCUT2D eigenvalue weighted by Crippen LogP contribution is 2.13. The van der Waals surface area contributed by atoms with Crippen LogP contribution in [0.3, 0.4) is 0 Å². The van der Waals surface area contributed by atoms with E-state index in [-0.39, 0.29) is 6.42 Å². The van der Waals surface area contributed by atoms with E-state index in [9.17, 15) is 14.7 Å². The Morgan fingerprint density at radius 2 is 1.50 bits per heavy atom. The molecular weight excluding hydrogens is 212 g/mol. The minimum atomic E-state index is -1.35. The minimum Gasteiger partial charge on any atom is -0.481 e. The van der Waals surface area contributed by atoms with Gasteiger partial charge >= 0.3 is 11.9 Å². The lowest BCUT2D eigenvalue weighted by molar-refractivity contribution is -0.154. The molecule has 0 radical (unpaired) electrons. The van der Waals surface area contributed by atoms with Gasteiger partial charge in [-0.15, -0.1) is 0 Å². The summed E-state index contributed by atoms with van der Waals surface area (Å²) in [6.45, 7) is 2.03. The monoisotopic (exact) mass is 232 g/mol. The van der Waals surface area contributed by atoms with Crippen molar-refractivity contribution in [3.63, 3.8) is 0 Å². The van der Waals surface area contributed by atoms with Crippen LogP contribution >= 0.6 is 0 Å². The third-order valence-corrected chi connectivity index (χ3v) is 2.52. The number of carbonyl (C=O) groups is 2. The summed E-state index contributed by atoms with van der Waals surface area (Å²) in [4.78, 5) is 21.1. The second-order valence-electron chi connectivity index (χ2n) is 3.96. The van der Waals surface area contributed by atoms with Crippen molar-refractivity contribution in [2.75, 3.05) is 0 Å². The van der Waals surface area contributed by atoms with Crippen molar-refractivity contribution in [2.45, 2.75) is 51.6 Å². The average Bonchev–Trinajstić information content (AvgIpc) is 2.20. The average molecular weight is 232 g/mol. The van der Waals surface area contributed by atoms with Gasteiger partial charge in [0.1, 0.15) is 0 Å². The van der Waals surface area contributed by atoms with Gasteiger partial charge < -0.3 is 15.3 Å². The molecule has 5 heteroatoms. The van der Waals surface area contributed by atoms with Crippen molar-refractivity contribution in [1.29, 1.82) is 0 Å². The number of unbranched alkanes of at least 4 members (excludes halogenated alkanes) is 1. The van der Waals surface area contributed by atoms with Crippen molar-refractivity contribution in [3.05, 3.63) is 0 Å². The first-order valence-corrected chi connectivity index (χ1v) is 5.62. The van der Waals surface area contributed by atoms with E-state index in [1.54, 1.807) is 0 Å². The highest BCUT2D eigenvalue weighted by atomic mass is 16.4. The molecule has 0 heterocycles. The number of aliphatic hydroxyl groups is 1. The Hall–Kier alpha value is -1.10. The topological polar surface area (TPSA) is 94.8 Å². The smallest absolute Gasteiger partial charge is 0.317 e. The van der Waals surface area contributed by atoms with Crippen molar-refractivity contribution < 1.29 is 24.9 Å². The standard InChI is InChI=1S/C11H20O5/c1-2-3-5-8(12)6-4-7-9(10(13)14)11(15)16/h8-9,12H,2-7H2,1H3,(H,13,14)(H,15,16). The molecule has 0 aromatic rings. The van der Waals surface area contributed by atoms with Gasteiger partial charge in [-0.05, 0) is 25.7 Å². The SMILES string of the molecule is CCCCC(O)CCCC(C(=O)O)C(=O)O. The molecule has 5 nitrogen and oxygen atoms in total. The molecule has 0 aliphatic heterocycles. The van der Waals surface area contributed by atoms with Gasteiger partial charge in [0.2, 0.25) is 0 Å². The van der Waals surface area contributed by atoms with Crippen LogP contribution in [0.4, 0.5) is 0 Å². The quantitative estimate of drug-likeness (QED) is 0.523. The fraction of sp³-hybridized carbons (Fsp3) is 0.818. The zero-order valence-corrected chi connectivity index (χ0v) is 9.56. The zero-order valence-electron chi connectivity index (χ0n) is 9.56. The second-order valence-corrected chi connectivity index (χ2v) is 3.96. The summed E-state index contributed by atoms with van der Waals surface area (Å²) in [5.74, 6) is -3.97.